The van der Waals surface area contributed by atoms with Gasteiger partial charge in [0, 0.05) is 12.6 Å². The van der Waals surface area contributed by atoms with Crippen LogP contribution < -0.4 is 0 Å². The van der Waals surface area contributed by atoms with Crippen molar-refractivity contribution >= 4 is 12.6 Å². The molecule has 0 aliphatic rings. The van der Waals surface area contributed by atoms with E-state index in [1.165, 1.54) is 5.57 Å². The predicted octanol–water partition coefficient (Wildman–Crippen LogP) is 3.06. The minimum Gasteiger partial charge on any atom is -0.249 e. The van der Waals surface area contributed by atoms with Crippen LogP contribution in [0.2, 0.25) is 0 Å². The van der Waals surface area contributed by atoms with Crippen molar-refractivity contribution in [3.63, 3.8) is 0 Å². The zero-order chi connectivity index (χ0) is 9.56. The first kappa shape index (κ1) is 11.1. The van der Waals surface area contributed by atoms with Crippen molar-refractivity contribution in [2.24, 2.45) is 15.9 Å². The lowest BCUT2D eigenvalue weighted by Crippen LogP contribution is -1.98. The Bertz CT molecular complexity index is 196. The fourth-order valence-electron chi connectivity index (χ4n) is 0.727. The Morgan fingerprint density at radius 3 is 2.33 bits per heavy atom. The van der Waals surface area contributed by atoms with Crippen LogP contribution in [-0.2, 0) is 0 Å². The molecule has 0 bridgehead atoms. The molecule has 0 saturated heterocycles. The molecule has 0 aliphatic carbocycles. The summed E-state index contributed by atoms with van der Waals surface area (Å²) in [7, 11) is 0. The Morgan fingerprint density at radius 2 is 2.00 bits per heavy atom. The third kappa shape index (κ3) is 5.83. The van der Waals surface area contributed by atoms with Gasteiger partial charge in [-0.1, -0.05) is 19.4 Å². The molecule has 0 N–H and O–H groups in total. The fraction of sp³-hybridized carbons (Fsp3) is 0.600. The molecule has 0 unspecified atom stereocenters. The third-order valence-electron chi connectivity index (χ3n) is 1.25. The summed E-state index contributed by atoms with van der Waals surface area (Å²) in [6.45, 7) is 11.8. The molecule has 0 radical (unpaired) electrons. The Hall–Kier alpha value is -0.920. The van der Waals surface area contributed by atoms with Crippen LogP contribution in [0.3, 0.4) is 0 Å². The number of nitrogens with zero attached hydrogens (tertiary/aromatic N) is 2. The van der Waals surface area contributed by atoms with E-state index in [0.717, 1.165) is 12.3 Å². The number of amidine groups is 1. The largest absolute Gasteiger partial charge is 0.249 e. The van der Waals surface area contributed by atoms with Gasteiger partial charge in [0.2, 0.25) is 0 Å². The van der Waals surface area contributed by atoms with Crippen LogP contribution >= 0.6 is 0 Å². The van der Waals surface area contributed by atoms with E-state index in [-0.39, 0.29) is 0 Å². The lowest BCUT2D eigenvalue weighted by Gasteiger charge is -2.01. The van der Waals surface area contributed by atoms with Gasteiger partial charge in [0.15, 0.2) is 0 Å². The molecule has 68 valence electrons. The van der Waals surface area contributed by atoms with Crippen LogP contribution in [0.4, 0.5) is 0 Å². The predicted molar refractivity (Wildman–Crippen MR) is 55.9 cm³/mol. The Morgan fingerprint density at radius 1 is 1.42 bits per heavy atom. The van der Waals surface area contributed by atoms with Gasteiger partial charge in [0.05, 0.1) is 0 Å². The molecule has 0 heterocycles. The van der Waals surface area contributed by atoms with E-state index in [4.69, 9.17) is 0 Å². The van der Waals surface area contributed by atoms with Crippen molar-refractivity contribution in [2.45, 2.75) is 34.1 Å². The Labute approximate surface area is 75.1 Å². The summed E-state index contributed by atoms with van der Waals surface area (Å²) in [5, 5.41) is 0. The Kier molecular flexibility index (Phi) is 5.26. The second-order valence-corrected chi connectivity index (χ2v) is 3.51. The highest BCUT2D eigenvalue weighted by Gasteiger charge is 1.98. The SMILES string of the molecule is C=NC(CC(C)C)=NC=C(C)C. The lowest BCUT2D eigenvalue weighted by molar-refractivity contribution is 0.681. The topological polar surface area (TPSA) is 24.7 Å². The Balaban J connectivity index is 4.24. The van der Waals surface area contributed by atoms with Gasteiger partial charge in [-0.05, 0) is 26.5 Å². The molecule has 0 aromatic heterocycles. The lowest BCUT2D eigenvalue weighted by atomic mass is 10.1. The average Bonchev–Trinajstić information content (AvgIpc) is 1.97. The zero-order valence-electron chi connectivity index (χ0n) is 8.46. The second kappa shape index (κ2) is 5.70. The smallest absolute Gasteiger partial charge is 0.127 e. The fourth-order valence-corrected chi connectivity index (χ4v) is 0.727. The maximum Gasteiger partial charge on any atom is 0.127 e. The zero-order valence-corrected chi connectivity index (χ0v) is 8.46. The quantitative estimate of drug-likeness (QED) is 0.455. The summed E-state index contributed by atoms with van der Waals surface area (Å²) in [6.07, 6.45) is 2.72. The van der Waals surface area contributed by atoms with Gasteiger partial charge in [0.25, 0.3) is 0 Å². The maximum atomic E-state index is 4.21. The minimum absolute atomic E-state index is 0.583. The van der Waals surface area contributed by atoms with E-state index in [1.54, 1.807) is 0 Å². The monoisotopic (exact) mass is 166 g/mol. The van der Waals surface area contributed by atoms with Crippen molar-refractivity contribution in [1.29, 1.82) is 0 Å². The van der Waals surface area contributed by atoms with E-state index < -0.39 is 0 Å². The van der Waals surface area contributed by atoms with Crippen LogP contribution in [0.5, 0.6) is 0 Å². The summed E-state index contributed by atoms with van der Waals surface area (Å²) >= 11 is 0. The number of rotatable bonds is 3. The van der Waals surface area contributed by atoms with Gasteiger partial charge in [-0.15, -0.1) is 0 Å². The summed E-state index contributed by atoms with van der Waals surface area (Å²) < 4.78 is 0. The summed E-state index contributed by atoms with van der Waals surface area (Å²) in [5.74, 6) is 1.41. The molecule has 12 heavy (non-hydrogen) atoms. The molecule has 0 aromatic carbocycles. The summed E-state index contributed by atoms with van der Waals surface area (Å²) in [4.78, 5) is 8.06. The number of aliphatic imine (C=N–C) groups is 2. The maximum absolute atomic E-state index is 4.21. The van der Waals surface area contributed by atoms with Gasteiger partial charge in [-0.25, -0.2) is 9.98 Å². The molecule has 0 amide bonds. The molecule has 0 rings (SSSR count). The standard InChI is InChI=1S/C10H18N2/c1-8(2)6-10(11-5)12-7-9(3)4/h7-8H,5-6H2,1-4H3. The first-order valence-electron chi connectivity index (χ1n) is 4.23. The van der Waals surface area contributed by atoms with Gasteiger partial charge in [-0.2, -0.15) is 0 Å². The van der Waals surface area contributed by atoms with Crippen LogP contribution in [0, 0.1) is 5.92 Å². The van der Waals surface area contributed by atoms with Gasteiger partial charge >= 0.3 is 0 Å². The molecule has 0 fully saturated rings. The van der Waals surface area contributed by atoms with E-state index in [0.29, 0.717) is 5.92 Å². The number of allylic oxidation sites excluding steroid dienone is 1. The summed E-state index contributed by atoms with van der Waals surface area (Å²) in [6, 6.07) is 0. The van der Waals surface area contributed by atoms with Crippen molar-refractivity contribution in [3.8, 4) is 0 Å². The van der Waals surface area contributed by atoms with Gasteiger partial charge in [-0.3, -0.25) is 0 Å². The van der Waals surface area contributed by atoms with E-state index in [1.807, 2.05) is 20.0 Å². The van der Waals surface area contributed by atoms with Crippen LogP contribution in [0.1, 0.15) is 34.1 Å². The average molecular weight is 166 g/mol. The van der Waals surface area contributed by atoms with E-state index in [2.05, 4.69) is 30.5 Å². The highest BCUT2D eigenvalue weighted by atomic mass is 14.9. The van der Waals surface area contributed by atoms with Crippen LogP contribution in [0.25, 0.3) is 0 Å². The molecular weight excluding hydrogens is 148 g/mol. The molecule has 2 heteroatoms. The first-order chi connectivity index (χ1) is 5.56. The van der Waals surface area contributed by atoms with E-state index in [9.17, 15) is 0 Å². The number of hydrogen-bond donors (Lipinski definition) is 0. The minimum atomic E-state index is 0.583. The second-order valence-electron chi connectivity index (χ2n) is 3.51. The highest BCUT2D eigenvalue weighted by molar-refractivity contribution is 5.86. The molecule has 0 saturated carbocycles. The van der Waals surface area contributed by atoms with Crippen molar-refractivity contribution in [1.82, 2.24) is 0 Å². The van der Waals surface area contributed by atoms with Gasteiger partial charge < -0.3 is 0 Å². The van der Waals surface area contributed by atoms with Crippen LogP contribution in [-0.4, -0.2) is 12.6 Å². The first-order valence-corrected chi connectivity index (χ1v) is 4.23. The molecule has 0 aliphatic heterocycles. The van der Waals surface area contributed by atoms with Crippen LogP contribution in [0.15, 0.2) is 21.8 Å². The molecule has 0 spiro atoms. The van der Waals surface area contributed by atoms with Gasteiger partial charge in [0.1, 0.15) is 5.84 Å². The van der Waals surface area contributed by atoms with E-state index >= 15 is 0 Å². The van der Waals surface area contributed by atoms with Crippen molar-refractivity contribution < 1.29 is 0 Å². The molecule has 2 nitrogen and oxygen atoms in total. The van der Waals surface area contributed by atoms with Crippen molar-refractivity contribution in [3.05, 3.63) is 11.8 Å². The normalized spacial score (nSPS) is 11.6. The summed E-state index contributed by atoms with van der Waals surface area (Å²) in [5.41, 5.74) is 1.18. The molecular formula is C10H18N2. The number of hydrogen-bond acceptors (Lipinski definition) is 1. The third-order valence-corrected chi connectivity index (χ3v) is 1.25. The molecule has 0 atom stereocenters. The highest BCUT2D eigenvalue weighted by Crippen LogP contribution is 2.03. The van der Waals surface area contributed by atoms with Crippen molar-refractivity contribution in [2.75, 3.05) is 0 Å². The molecule has 0 aromatic rings.